The van der Waals surface area contributed by atoms with E-state index in [1.165, 1.54) is 0 Å². The highest BCUT2D eigenvalue weighted by molar-refractivity contribution is 6.32. The van der Waals surface area contributed by atoms with Crippen LogP contribution < -0.4 is 0 Å². The number of aryl methyl sites for hydroxylation is 1. The van der Waals surface area contributed by atoms with Crippen molar-refractivity contribution < 1.29 is 9.53 Å². The van der Waals surface area contributed by atoms with Crippen molar-refractivity contribution in [2.75, 3.05) is 19.7 Å². The molecule has 1 unspecified atom stereocenters. The van der Waals surface area contributed by atoms with Gasteiger partial charge in [0.2, 0.25) is 0 Å². The summed E-state index contributed by atoms with van der Waals surface area (Å²) in [6.07, 6.45) is 5.42. The minimum Gasteiger partial charge on any atom is -0.462 e. The number of rotatable bonds is 6. The number of ether oxygens (including phenoxy) is 1. The van der Waals surface area contributed by atoms with Crippen molar-refractivity contribution in [3.8, 4) is 5.69 Å². The first-order valence-corrected chi connectivity index (χ1v) is 10.5. The zero-order valence-corrected chi connectivity index (χ0v) is 17.9. The van der Waals surface area contributed by atoms with Crippen LogP contribution in [0.3, 0.4) is 0 Å². The molecule has 3 aromatic rings. The van der Waals surface area contributed by atoms with E-state index in [9.17, 15) is 4.79 Å². The lowest BCUT2D eigenvalue weighted by molar-refractivity contribution is 0.0523. The Kier molecular flexibility index (Phi) is 6.15. The molecular formula is C21H25ClN6O2. The molecule has 2 aromatic heterocycles. The molecule has 1 aliphatic heterocycles. The number of aromatic nitrogens is 5. The highest BCUT2D eigenvalue weighted by atomic mass is 35.5. The van der Waals surface area contributed by atoms with Gasteiger partial charge in [0.05, 0.1) is 29.2 Å². The van der Waals surface area contributed by atoms with E-state index in [0.29, 0.717) is 29.7 Å². The van der Waals surface area contributed by atoms with E-state index in [1.807, 2.05) is 35.9 Å². The van der Waals surface area contributed by atoms with Crippen molar-refractivity contribution in [1.29, 1.82) is 0 Å². The molecule has 0 N–H and O–H groups in total. The maximum absolute atomic E-state index is 12.6. The molecule has 1 atom stereocenters. The van der Waals surface area contributed by atoms with E-state index >= 15 is 0 Å². The van der Waals surface area contributed by atoms with Crippen LogP contribution in [-0.2, 0) is 18.3 Å². The normalized spacial score (nSPS) is 17.2. The number of benzene rings is 1. The Morgan fingerprint density at radius 3 is 2.90 bits per heavy atom. The molecule has 4 rings (SSSR count). The summed E-state index contributed by atoms with van der Waals surface area (Å²) in [5, 5.41) is 13.4. The quantitative estimate of drug-likeness (QED) is 0.561. The van der Waals surface area contributed by atoms with E-state index in [1.54, 1.807) is 24.1 Å². The fraction of sp³-hybridized carbons (Fsp3) is 0.429. The Balaban J connectivity index is 1.65. The Morgan fingerprint density at radius 2 is 2.17 bits per heavy atom. The fourth-order valence-corrected chi connectivity index (χ4v) is 4.24. The molecule has 0 aliphatic carbocycles. The summed E-state index contributed by atoms with van der Waals surface area (Å²) in [5.41, 5.74) is 1.99. The number of halogens is 1. The van der Waals surface area contributed by atoms with Crippen LogP contribution >= 0.6 is 11.6 Å². The lowest BCUT2D eigenvalue weighted by Crippen LogP contribution is -2.35. The van der Waals surface area contributed by atoms with Crippen molar-refractivity contribution in [2.45, 2.75) is 32.2 Å². The van der Waals surface area contributed by atoms with Gasteiger partial charge in [-0.2, -0.15) is 5.10 Å². The van der Waals surface area contributed by atoms with E-state index in [2.05, 4.69) is 20.2 Å². The molecule has 0 radical (unpaired) electrons. The second-order valence-electron chi connectivity index (χ2n) is 7.46. The molecule has 0 saturated carbocycles. The largest absolute Gasteiger partial charge is 0.462 e. The summed E-state index contributed by atoms with van der Waals surface area (Å²) in [5.74, 6) is 0.923. The summed E-state index contributed by atoms with van der Waals surface area (Å²) in [4.78, 5) is 14.9. The Hall–Kier alpha value is -2.71. The van der Waals surface area contributed by atoms with E-state index in [-0.39, 0.29) is 5.97 Å². The second-order valence-corrected chi connectivity index (χ2v) is 7.87. The number of likely N-dealkylation sites (tertiary alicyclic amines) is 1. The number of carbonyl (C=O) groups excluding carboxylic acids is 1. The summed E-state index contributed by atoms with van der Waals surface area (Å²) in [6.45, 7) is 4.44. The first-order valence-electron chi connectivity index (χ1n) is 10.1. The Bertz CT molecular complexity index is 1030. The molecule has 1 aromatic carbocycles. The maximum atomic E-state index is 12.6. The summed E-state index contributed by atoms with van der Waals surface area (Å²) < 4.78 is 9.00. The first-order chi connectivity index (χ1) is 14.6. The van der Waals surface area contributed by atoms with Crippen molar-refractivity contribution in [2.24, 2.45) is 7.05 Å². The molecule has 1 aliphatic rings. The van der Waals surface area contributed by atoms with Crippen molar-refractivity contribution >= 4 is 17.6 Å². The Morgan fingerprint density at radius 1 is 1.33 bits per heavy atom. The third kappa shape index (κ3) is 4.11. The average molecular weight is 429 g/mol. The van der Waals surface area contributed by atoms with Crippen LogP contribution in [0.25, 0.3) is 5.69 Å². The molecule has 158 valence electrons. The average Bonchev–Trinajstić information content (AvgIpc) is 3.35. The standard InChI is InChI=1S/C21H25ClN6O2/c1-3-30-21(29)16-11-24-28(18-9-5-4-8-17(18)22)19(16)13-27-10-6-7-15(12-27)20-25-23-14-26(20)2/h4-5,8-9,11,14-15H,3,6-7,10,12-13H2,1-2H3. The van der Waals surface area contributed by atoms with Gasteiger partial charge in [-0.3, -0.25) is 4.90 Å². The van der Waals surface area contributed by atoms with Crippen molar-refractivity contribution in [3.05, 3.63) is 58.9 Å². The lowest BCUT2D eigenvalue weighted by Gasteiger charge is -2.32. The number of carbonyl (C=O) groups is 1. The summed E-state index contributed by atoms with van der Waals surface area (Å²) in [6, 6.07) is 7.49. The Labute approximate surface area is 180 Å². The van der Waals surface area contributed by atoms with Gasteiger partial charge < -0.3 is 9.30 Å². The second kappa shape index (κ2) is 8.97. The van der Waals surface area contributed by atoms with Gasteiger partial charge in [0.1, 0.15) is 17.7 Å². The summed E-state index contributed by atoms with van der Waals surface area (Å²) >= 11 is 6.42. The van der Waals surface area contributed by atoms with Gasteiger partial charge in [-0.25, -0.2) is 9.48 Å². The van der Waals surface area contributed by atoms with Gasteiger partial charge >= 0.3 is 5.97 Å². The zero-order valence-electron chi connectivity index (χ0n) is 17.2. The topological polar surface area (TPSA) is 78.1 Å². The number of esters is 1. The molecule has 30 heavy (non-hydrogen) atoms. The van der Waals surface area contributed by atoms with Crippen LogP contribution in [0.2, 0.25) is 5.02 Å². The molecule has 0 bridgehead atoms. The van der Waals surface area contributed by atoms with Gasteiger partial charge in [0, 0.05) is 26.1 Å². The van der Waals surface area contributed by atoms with Crippen LogP contribution in [-0.4, -0.2) is 55.1 Å². The first kappa shape index (κ1) is 20.6. The third-order valence-electron chi connectivity index (χ3n) is 5.44. The van der Waals surface area contributed by atoms with E-state index in [4.69, 9.17) is 16.3 Å². The lowest BCUT2D eigenvalue weighted by atomic mass is 9.97. The molecule has 9 heteroatoms. The summed E-state index contributed by atoms with van der Waals surface area (Å²) in [7, 11) is 1.97. The van der Waals surface area contributed by atoms with Crippen LogP contribution in [0.15, 0.2) is 36.8 Å². The molecule has 0 amide bonds. The predicted octanol–water partition coefficient (Wildman–Crippen LogP) is 3.21. The number of hydrogen-bond donors (Lipinski definition) is 0. The van der Waals surface area contributed by atoms with Crippen LogP contribution in [0.1, 0.15) is 47.6 Å². The SMILES string of the molecule is CCOC(=O)c1cnn(-c2ccccc2Cl)c1CN1CCCC(c2nncn2C)C1. The highest BCUT2D eigenvalue weighted by Gasteiger charge is 2.28. The number of piperidine rings is 1. The van der Waals surface area contributed by atoms with E-state index < -0.39 is 0 Å². The smallest absolute Gasteiger partial charge is 0.341 e. The number of para-hydroxylation sites is 1. The monoisotopic (exact) mass is 428 g/mol. The molecule has 1 saturated heterocycles. The fourth-order valence-electron chi connectivity index (χ4n) is 4.02. The van der Waals surface area contributed by atoms with E-state index in [0.717, 1.165) is 43.1 Å². The molecule has 1 fully saturated rings. The minimum atomic E-state index is -0.368. The zero-order chi connectivity index (χ0) is 21.1. The van der Waals surface area contributed by atoms with Gasteiger partial charge in [0.25, 0.3) is 0 Å². The number of hydrogen-bond acceptors (Lipinski definition) is 6. The van der Waals surface area contributed by atoms with Gasteiger partial charge in [-0.1, -0.05) is 23.7 Å². The highest BCUT2D eigenvalue weighted by Crippen LogP contribution is 2.28. The molecule has 8 nitrogen and oxygen atoms in total. The minimum absolute atomic E-state index is 0.300. The van der Waals surface area contributed by atoms with Crippen LogP contribution in [0.4, 0.5) is 0 Å². The van der Waals surface area contributed by atoms with Crippen LogP contribution in [0.5, 0.6) is 0 Å². The van der Waals surface area contributed by atoms with Gasteiger partial charge in [-0.05, 0) is 38.4 Å². The van der Waals surface area contributed by atoms with Crippen LogP contribution in [0, 0.1) is 0 Å². The molecular weight excluding hydrogens is 404 g/mol. The van der Waals surface area contributed by atoms with Crippen molar-refractivity contribution in [3.63, 3.8) is 0 Å². The predicted molar refractivity (Wildman–Crippen MR) is 113 cm³/mol. The van der Waals surface area contributed by atoms with Gasteiger partial charge in [-0.15, -0.1) is 10.2 Å². The van der Waals surface area contributed by atoms with Gasteiger partial charge in [0.15, 0.2) is 0 Å². The number of nitrogens with zero attached hydrogens (tertiary/aromatic N) is 6. The van der Waals surface area contributed by atoms with Crippen molar-refractivity contribution in [1.82, 2.24) is 29.4 Å². The third-order valence-corrected chi connectivity index (χ3v) is 5.75. The molecule has 3 heterocycles. The molecule has 0 spiro atoms. The maximum Gasteiger partial charge on any atom is 0.341 e.